The van der Waals surface area contributed by atoms with Crippen molar-refractivity contribution < 1.29 is 14.7 Å². The molecular formula is C21H25N3O3. The molecule has 0 saturated carbocycles. The van der Waals surface area contributed by atoms with Crippen molar-refractivity contribution in [3.63, 3.8) is 0 Å². The first kappa shape index (κ1) is 18.9. The number of benzene rings is 2. The summed E-state index contributed by atoms with van der Waals surface area (Å²) < 4.78 is 0. The van der Waals surface area contributed by atoms with E-state index in [9.17, 15) is 14.7 Å². The van der Waals surface area contributed by atoms with Crippen LogP contribution >= 0.6 is 0 Å². The largest absolute Gasteiger partial charge is 0.506 e. The molecule has 6 nitrogen and oxygen atoms in total. The first-order valence-electron chi connectivity index (χ1n) is 9.15. The molecule has 2 N–H and O–H groups in total. The van der Waals surface area contributed by atoms with Crippen LogP contribution in [0, 0.1) is 0 Å². The zero-order chi connectivity index (χ0) is 19.4. The van der Waals surface area contributed by atoms with Gasteiger partial charge in [0, 0.05) is 31.7 Å². The number of carbonyl (C=O) groups excluding carboxylic acids is 2. The molecule has 1 atom stereocenters. The molecule has 1 aliphatic rings. The number of Topliss-reactive ketones (excluding diaryl/α,β-unsaturated/α-hetero) is 1. The fourth-order valence-electron chi connectivity index (χ4n) is 3.38. The molecule has 3 rings (SSSR count). The third kappa shape index (κ3) is 4.28. The predicted molar refractivity (Wildman–Crippen MR) is 106 cm³/mol. The van der Waals surface area contributed by atoms with E-state index in [-0.39, 0.29) is 23.5 Å². The van der Waals surface area contributed by atoms with Crippen LogP contribution in [0.5, 0.6) is 5.75 Å². The van der Waals surface area contributed by atoms with Gasteiger partial charge in [-0.05, 0) is 38.1 Å². The Morgan fingerprint density at radius 2 is 1.63 bits per heavy atom. The van der Waals surface area contributed by atoms with Gasteiger partial charge >= 0.3 is 0 Å². The number of nitrogens with zero attached hydrogens (tertiary/aromatic N) is 2. The van der Waals surface area contributed by atoms with Gasteiger partial charge in [-0.2, -0.15) is 0 Å². The summed E-state index contributed by atoms with van der Waals surface area (Å²) in [6.07, 6.45) is 0. The molecule has 0 unspecified atom stereocenters. The van der Waals surface area contributed by atoms with E-state index in [1.165, 1.54) is 6.92 Å². The number of rotatable bonds is 5. The van der Waals surface area contributed by atoms with Crippen molar-refractivity contribution in [1.29, 1.82) is 0 Å². The van der Waals surface area contributed by atoms with Crippen LogP contribution in [0.25, 0.3) is 0 Å². The summed E-state index contributed by atoms with van der Waals surface area (Å²) in [6, 6.07) is 14.0. The Kier molecular flexibility index (Phi) is 5.76. The fourth-order valence-corrected chi connectivity index (χ4v) is 3.38. The van der Waals surface area contributed by atoms with Crippen LogP contribution in [-0.2, 0) is 4.79 Å². The molecule has 1 saturated heterocycles. The lowest BCUT2D eigenvalue weighted by Gasteiger charge is -2.38. The molecule has 142 valence electrons. The summed E-state index contributed by atoms with van der Waals surface area (Å²) >= 11 is 0. The minimum Gasteiger partial charge on any atom is -0.506 e. The van der Waals surface area contributed by atoms with E-state index in [0.717, 1.165) is 31.9 Å². The van der Waals surface area contributed by atoms with Crippen molar-refractivity contribution in [2.45, 2.75) is 19.9 Å². The molecule has 2 aromatic carbocycles. The van der Waals surface area contributed by atoms with Gasteiger partial charge in [0.2, 0.25) is 5.91 Å². The van der Waals surface area contributed by atoms with Crippen molar-refractivity contribution in [2.75, 3.05) is 36.4 Å². The molecule has 0 bridgehead atoms. The van der Waals surface area contributed by atoms with Gasteiger partial charge in [0.15, 0.2) is 5.78 Å². The Bertz CT molecular complexity index is 829. The van der Waals surface area contributed by atoms with Crippen LogP contribution in [0.4, 0.5) is 11.4 Å². The van der Waals surface area contributed by atoms with Gasteiger partial charge in [-0.1, -0.05) is 24.3 Å². The molecule has 1 aliphatic heterocycles. The van der Waals surface area contributed by atoms with Gasteiger partial charge < -0.3 is 15.3 Å². The number of ketones is 1. The SMILES string of the molecule is CC(=O)c1ccccc1NC(=O)[C@@H](C)N1CCN(c2ccccc2O)CC1. The highest BCUT2D eigenvalue weighted by Gasteiger charge is 2.27. The van der Waals surface area contributed by atoms with Crippen molar-refractivity contribution in [1.82, 2.24) is 4.90 Å². The zero-order valence-electron chi connectivity index (χ0n) is 15.7. The second-order valence-corrected chi connectivity index (χ2v) is 6.78. The van der Waals surface area contributed by atoms with E-state index in [0.29, 0.717) is 11.3 Å². The Labute approximate surface area is 159 Å². The third-order valence-electron chi connectivity index (χ3n) is 5.03. The quantitative estimate of drug-likeness (QED) is 0.795. The maximum atomic E-state index is 12.7. The second kappa shape index (κ2) is 8.22. The first-order valence-corrected chi connectivity index (χ1v) is 9.15. The average Bonchev–Trinajstić information content (AvgIpc) is 2.68. The smallest absolute Gasteiger partial charge is 0.241 e. The van der Waals surface area contributed by atoms with Crippen molar-refractivity contribution in [2.24, 2.45) is 0 Å². The number of piperazine rings is 1. The normalized spacial score (nSPS) is 16.0. The molecule has 6 heteroatoms. The number of anilines is 2. The number of phenolic OH excluding ortho intramolecular Hbond substituents is 1. The summed E-state index contributed by atoms with van der Waals surface area (Å²) in [4.78, 5) is 28.6. The lowest BCUT2D eigenvalue weighted by atomic mass is 10.1. The molecule has 0 aromatic heterocycles. The Hall–Kier alpha value is -2.86. The van der Waals surface area contributed by atoms with Crippen LogP contribution in [0.2, 0.25) is 0 Å². The molecule has 2 aromatic rings. The lowest BCUT2D eigenvalue weighted by molar-refractivity contribution is -0.120. The van der Waals surface area contributed by atoms with E-state index >= 15 is 0 Å². The molecule has 0 aliphatic carbocycles. The van der Waals surface area contributed by atoms with Gasteiger partial charge in [0.25, 0.3) is 0 Å². The molecule has 0 spiro atoms. The van der Waals surface area contributed by atoms with Gasteiger partial charge in [-0.3, -0.25) is 14.5 Å². The third-order valence-corrected chi connectivity index (χ3v) is 5.03. The summed E-state index contributed by atoms with van der Waals surface area (Å²) in [7, 11) is 0. The number of hydrogen-bond donors (Lipinski definition) is 2. The number of phenols is 1. The van der Waals surface area contributed by atoms with Gasteiger partial charge in [-0.15, -0.1) is 0 Å². The highest BCUT2D eigenvalue weighted by molar-refractivity contribution is 6.04. The molecular weight excluding hydrogens is 342 g/mol. The molecule has 1 heterocycles. The predicted octanol–water partition coefficient (Wildman–Crippen LogP) is 2.74. The van der Waals surface area contributed by atoms with Crippen LogP contribution in [0.15, 0.2) is 48.5 Å². The van der Waals surface area contributed by atoms with Crippen molar-refractivity contribution >= 4 is 23.1 Å². The van der Waals surface area contributed by atoms with Crippen molar-refractivity contribution in [3.8, 4) is 5.75 Å². The number of para-hydroxylation sites is 3. The van der Waals surface area contributed by atoms with E-state index in [1.54, 1.807) is 36.4 Å². The average molecular weight is 367 g/mol. The van der Waals surface area contributed by atoms with Crippen LogP contribution in [-0.4, -0.2) is 53.9 Å². The highest BCUT2D eigenvalue weighted by Crippen LogP contribution is 2.27. The number of amides is 1. The minimum absolute atomic E-state index is 0.0742. The van der Waals surface area contributed by atoms with Crippen LogP contribution in [0.3, 0.4) is 0 Å². The minimum atomic E-state index is -0.309. The monoisotopic (exact) mass is 367 g/mol. The molecule has 1 fully saturated rings. The Morgan fingerprint density at radius 3 is 2.30 bits per heavy atom. The topological polar surface area (TPSA) is 72.9 Å². The second-order valence-electron chi connectivity index (χ2n) is 6.78. The standard InChI is InChI=1S/C21H25N3O3/c1-15(21(27)22-18-8-4-3-7-17(18)16(2)25)23-11-13-24(14-12-23)19-9-5-6-10-20(19)26/h3-10,15,26H,11-14H2,1-2H3,(H,22,27)/t15-/m1/s1. The first-order chi connectivity index (χ1) is 13.0. The number of hydrogen-bond acceptors (Lipinski definition) is 5. The van der Waals surface area contributed by atoms with E-state index in [2.05, 4.69) is 15.1 Å². The number of aromatic hydroxyl groups is 1. The number of nitrogens with one attached hydrogen (secondary N) is 1. The van der Waals surface area contributed by atoms with E-state index < -0.39 is 0 Å². The highest BCUT2D eigenvalue weighted by atomic mass is 16.3. The summed E-state index contributed by atoms with van der Waals surface area (Å²) in [6.45, 7) is 6.28. The Balaban J connectivity index is 1.61. The molecule has 1 amide bonds. The maximum absolute atomic E-state index is 12.7. The summed E-state index contributed by atoms with van der Waals surface area (Å²) in [5.74, 6) is 0.0760. The summed E-state index contributed by atoms with van der Waals surface area (Å²) in [5.41, 5.74) is 1.89. The van der Waals surface area contributed by atoms with E-state index in [1.807, 2.05) is 19.1 Å². The van der Waals surface area contributed by atoms with Crippen molar-refractivity contribution in [3.05, 3.63) is 54.1 Å². The Morgan fingerprint density at radius 1 is 1.00 bits per heavy atom. The lowest BCUT2D eigenvalue weighted by Crippen LogP contribution is -2.52. The molecule has 0 radical (unpaired) electrons. The van der Waals surface area contributed by atoms with Crippen LogP contribution in [0.1, 0.15) is 24.2 Å². The maximum Gasteiger partial charge on any atom is 0.241 e. The molecule has 27 heavy (non-hydrogen) atoms. The van der Waals surface area contributed by atoms with Gasteiger partial charge in [0.05, 0.1) is 17.4 Å². The van der Waals surface area contributed by atoms with Gasteiger partial charge in [0.1, 0.15) is 5.75 Å². The van der Waals surface area contributed by atoms with Gasteiger partial charge in [-0.25, -0.2) is 0 Å². The van der Waals surface area contributed by atoms with Crippen LogP contribution < -0.4 is 10.2 Å². The van der Waals surface area contributed by atoms with E-state index in [4.69, 9.17) is 0 Å². The fraction of sp³-hybridized carbons (Fsp3) is 0.333. The zero-order valence-corrected chi connectivity index (χ0v) is 15.7. The summed E-state index contributed by atoms with van der Waals surface area (Å²) in [5, 5.41) is 12.9. The number of carbonyl (C=O) groups is 2.